The van der Waals surface area contributed by atoms with Gasteiger partial charge in [-0.05, 0) is 43.5 Å². The third-order valence-electron chi connectivity index (χ3n) is 6.41. The van der Waals surface area contributed by atoms with Crippen LogP contribution in [0.15, 0.2) is 36.7 Å². The first-order valence-electron chi connectivity index (χ1n) is 10.6. The Kier molecular flexibility index (Phi) is 4.77. The molecule has 0 N–H and O–H groups in total. The molecule has 8 nitrogen and oxygen atoms in total. The van der Waals surface area contributed by atoms with Crippen LogP contribution in [0.2, 0.25) is 0 Å². The van der Waals surface area contributed by atoms with Gasteiger partial charge in [0.2, 0.25) is 11.9 Å². The Morgan fingerprint density at radius 2 is 1.77 bits per heavy atom. The average molecular weight is 406 g/mol. The second-order valence-corrected chi connectivity index (χ2v) is 8.13. The zero-order valence-electron chi connectivity index (χ0n) is 17.2. The monoisotopic (exact) mass is 406 g/mol. The van der Waals surface area contributed by atoms with Crippen LogP contribution < -0.4 is 14.7 Å². The first-order valence-corrected chi connectivity index (χ1v) is 10.6. The van der Waals surface area contributed by atoms with Gasteiger partial charge in [-0.2, -0.15) is 0 Å². The van der Waals surface area contributed by atoms with Crippen LogP contribution in [0.25, 0.3) is 0 Å². The Balaban J connectivity index is 1.33. The van der Waals surface area contributed by atoms with Crippen molar-refractivity contribution in [1.29, 1.82) is 0 Å². The summed E-state index contributed by atoms with van der Waals surface area (Å²) in [4.78, 5) is 42.5. The minimum Gasteiger partial charge on any atom is -0.358 e. The van der Waals surface area contributed by atoms with Crippen molar-refractivity contribution in [1.82, 2.24) is 14.9 Å². The van der Waals surface area contributed by atoms with Crippen molar-refractivity contribution in [3.05, 3.63) is 42.2 Å². The number of piperidine rings is 1. The van der Waals surface area contributed by atoms with Gasteiger partial charge in [0.15, 0.2) is 0 Å². The highest BCUT2D eigenvalue weighted by molar-refractivity contribution is 6.07. The van der Waals surface area contributed by atoms with Crippen LogP contribution in [0.4, 0.5) is 17.3 Å². The van der Waals surface area contributed by atoms with Crippen molar-refractivity contribution in [2.24, 2.45) is 0 Å². The molecule has 30 heavy (non-hydrogen) atoms. The molecule has 0 radical (unpaired) electrons. The molecule has 1 atom stereocenters. The number of benzene rings is 1. The summed E-state index contributed by atoms with van der Waals surface area (Å²) in [7, 11) is 1.82. The van der Waals surface area contributed by atoms with Crippen molar-refractivity contribution < 1.29 is 9.59 Å². The van der Waals surface area contributed by atoms with Gasteiger partial charge in [-0.3, -0.25) is 9.59 Å². The Labute approximate surface area is 176 Å². The fourth-order valence-electron chi connectivity index (χ4n) is 4.73. The third-order valence-corrected chi connectivity index (χ3v) is 6.41. The molecule has 1 aromatic heterocycles. The Hall–Kier alpha value is -3.16. The van der Waals surface area contributed by atoms with Crippen LogP contribution in [0.1, 0.15) is 29.6 Å². The molecule has 4 heterocycles. The molecule has 0 saturated carbocycles. The number of rotatable bonds is 2. The predicted molar refractivity (Wildman–Crippen MR) is 115 cm³/mol. The highest BCUT2D eigenvalue weighted by Gasteiger charge is 2.38. The van der Waals surface area contributed by atoms with Crippen molar-refractivity contribution >= 4 is 29.1 Å². The largest absolute Gasteiger partial charge is 0.358 e. The summed E-state index contributed by atoms with van der Waals surface area (Å²) in [5.74, 6) is 0.839. The minimum atomic E-state index is -0.0638. The topological polar surface area (TPSA) is 72.9 Å². The van der Waals surface area contributed by atoms with E-state index >= 15 is 0 Å². The van der Waals surface area contributed by atoms with Crippen LogP contribution >= 0.6 is 0 Å². The van der Waals surface area contributed by atoms with E-state index < -0.39 is 0 Å². The lowest BCUT2D eigenvalue weighted by Gasteiger charge is -2.44. The predicted octanol–water partition coefficient (Wildman–Crippen LogP) is 1.77. The number of fused-ring (bicyclic) bond motifs is 3. The molecule has 0 spiro atoms. The summed E-state index contributed by atoms with van der Waals surface area (Å²) < 4.78 is 0. The maximum Gasteiger partial charge on any atom is 0.254 e. The van der Waals surface area contributed by atoms with Crippen molar-refractivity contribution in [3.8, 4) is 0 Å². The van der Waals surface area contributed by atoms with E-state index in [4.69, 9.17) is 0 Å². The van der Waals surface area contributed by atoms with Crippen molar-refractivity contribution in [2.45, 2.75) is 25.3 Å². The Morgan fingerprint density at radius 3 is 2.53 bits per heavy atom. The van der Waals surface area contributed by atoms with Crippen LogP contribution in [0.5, 0.6) is 0 Å². The van der Waals surface area contributed by atoms with E-state index in [0.717, 1.165) is 37.2 Å². The van der Waals surface area contributed by atoms with Crippen LogP contribution in [-0.2, 0) is 4.79 Å². The second kappa shape index (κ2) is 7.59. The highest BCUT2D eigenvalue weighted by Crippen LogP contribution is 2.39. The molecular formula is C22H26N6O2. The number of anilines is 3. The average Bonchev–Trinajstić information content (AvgIpc) is 2.82. The number of aromatic nitrogens is 2. The quantitative estimate of drug-likeness (QED) is 0.757. The molecule has 2 saturated heterocycles. The number of hydrogen-bond donors (Lipinski definition) is 0. The van der Waals surface area contributed by atoms with E-state index in [0.29, 0.717) is 37.7 Å². The fourth-order valence-corrected chi connectivity index (χ4v) is 4.73. The second-order valence-electron chi connectivity index (χ2n) is 8.13. The SMILES string of the molecule is CN1C(=O)[C@@H]2CCCCN2c2ccc(C(=O)N3CCN(c4ncccn4)CC3)cc21. The molecule has 1 aromatic carbocycles. The highest BCUT2D eigenvalue weighted by atomic mass is 16.2. The van der Waals surface area contributed by atoms with Crippen LogP contribution in [0, 0.1) is 0 Å². The Bertz CT molecular complexity index is 957. The van der Waals surface area contributed by atoms with Gasteiger partial charge in [0.1, 0.15) is 6.04 Å². The number of likely N-dealkylation sites (N-methyl/N-ethyl adjacent to an activating group) is 1. The van der Waals surface area contributed by atoms with Crippen molar-refractivity contribution in [2.75, 3.05) is 54.5 Å². The normalized spacial score (nSPS) is 21.4. The molecule has 0 unspecified atom stereocenters. The molecule has 0 aliphatic carbocycles. The number of carbonyl (C=O) groups excluding carboxylic acids is 2. The van der Waals surface area contributed by atoms with Gasteiger partial charge in [-0.1, -0.05) is 0 Å². The lowest BCUT2D eigenvalue weighted by molar-refractivity contribution is -0.120. The maximum absolute atomic E-state index is 13.2. The molecule has 5 rings (SSSR count). The molecule has 2 amide bonds. The number of amides is 2. The van der Waals surface area contributed by atoms with Gasteiger partial charge in [-0.15, -0.1) is 0 Å². The third kappa shape index (κ3) is 3.16. The zero-order valence-corrected chi connectivity index (χ0v) is 17.2. The Morgan fingerprint density at radius 1 is 1.00 bits per heavy atom. The molecule has 156 valence electrons. The van der Waals surface area contributed by atoms with Gasteiger partial charge in [0.25, 0.3) is 5.91 Å². The zero-order chi connectivity index (χ0) is 20.7. The van der Waals surface area contributed by atoms with Gasteiger partial charge in [-0.25, -0.2) is 9.97 Å². The first-order chi connectivity index (χ1) is 14.6. The van der Waals surface area contributed by atoms with Gasteiger partial charge in [0.05, 0.1) is 11.4 Å². The van der Waals surface area contributed by atoms with Crippen LogP contribution in [0.3, 0.4) is 0 Å². The van der Waals surface area contributed by atoms with E-state index in [1.54, 1.807) is 23.4 Å². The molecule has 2 aromatic rings. The number of piperazine rings is 1. The fraction of sp³-hybridized carbons (Fsp3) is 0.455. The van der Waals surface area contributed by atoms with E-state index in [9.17, 15) is 9.59 Å². The smallest absolute Gasteiger partial charge is 0.254 e. The summed E-state index contributed by atoms with van der Waals surface area (Å²) >= 11 is 0. The summed E-state index contributed by atoms with van der Waals surface area (Å²) in [5, 5.41) is 0. The summed E-state index contributed by atoms with van der Waals surface area (Å²) in [5.41, 5.74) is 2.53. The van der Waals surface area contributed by atoms with Gasteiger partial charge < -0.3 is 19.6 Å². The standard InChI is InChI=1S/C22H26N6O2/c1-25-19-15-16(6-7-17(19)28-10-3-2-5-18(28)21(25)30)20(29)26-11-13-27(14-12-26)22-23-8-4-9-24-22/h4,6-9,15,18H,2-3,5,10-14H2,1H3/t18-/m0/s1. The van der Waals surface area contributed by atoms with Crippen LogP contribution in [-0.4, -0.2) is 72.5 Å². The first kappa shape index (κ1) is 18.8. The number of nitrogens with zero attached hydrogens (tertiary/aromatic N) is 6. The van der Waals surface area contributed by atoms with Gasteiger partial charge >= 0.3 is 0 Å². The molecule has 0 bridgehead atoms. The number of carbonyl (C=O) groups is 2. The molecule has 8 heteroatoms. The lowest BCUT2D eigenvalue weighted by Crippen LogP contribution is -2.54. The van der Waals surface area contributed by atoms with Gasteiger partial charge in [0, 0.05) is 57.7 Å². The van der Waals surface area contributed by atoms with E-state index in [1.165, 1.54) is 0 Å². The van der Waals surface area contributed by atoms with E-state index in [-0.39, 0.29) is 17.9 Å². The summed E-state index contributed by atoms with van der Waals surface area (Å²) in [6.45, 7) is 3.55. The minimum absolute atomic E-state index is 0.00745. The van der Waals surface area contributed by atoms with Crippen molar-refractivity contribution in [3.63, 3.8) is 0 Å². The lowest BCUT2D eigenvalue weighted by atomic mass is 9.95. The van der Waals surface area contributed by atoms with E-state index in [2.05, 4.69) is 19.8 Å². The molecule has 2 fully saturated rings. The molecule has 3 aliphatic heterocycles. The van der Waals surface area contributed by atoms with E-state index in [1.807, 2.05) is 30.1 Å². The summed E-state index contributed by atoms with van der Waals surface area (Å²) in [6.07, 6.45) is 6.56. The molecular weight excluding hydrogens is 380 g/mol. The molecule has 3 aliphatic rings. The number of hydrogen-bond acceptors (Lipinski definition) is 6. The maximum atomic E-state index is 13.2. The summed E-state index contributed by atoms with van der Waals surface area (Å²) in [6, 6.07) is 7.53.